The van der Waals surface area contributed by atoms with E-state index < -0.39 is 0 Å². The van der Waals surface area contributed by atoms with Crippen LogP contribution in [-0.2, 0) is 10.5 Å². The largest absolute Gasteiger partial charge is 0.497 e. The molecule has 0 heterocycles. The number of hydrogen-bond donors (Lipinski definition) is 1. The lowest BCUT2D eigenvalue weighted by Gasteiger charge is -2.06. The van der Waals surface area contributed by atoms with Crippen LogP contribution in [0.5, 0.6) is 5.75 Å². The minimum atomic E-state index is 0.756. The van der Waals surface area contributed by atoms with Gasteiger partial charge in [0.25, 0.3) is 0 Å². The molecule has 1 aromatic rings. The number of methoxy groups -OCH3 is 2. The van der Waals surface area contributed by atoms with Crippen LogP contribution in [0.3, 0.4) is 0 Å². The first-order valence-corrected chi connectivity index (χ1v) is 6.42. The van der Waals surface area contributed by atoms with Gasteiger partial charge >= 0.3 is 0 Å². The molecule has 16 heavy (non-hydrogen) atoms. The van der Waals surface area contributed by atoms with Gasteiger partial charge in [0.2, 0.25) is 0 Å². The summed E-state index contributed by atoms with van der Waals surface area (Å²) in [4.78, 5) is 0. The van der Waals surface area contributed by atoms with Crippen LogP contribution in [0.4, 0.5) is 5.69 Å². The molecule has 0 saturated carbocycles. The van der Waals surface area contributed by atoms with Crippen molar-refractivity contribution in [3.05, 3.63) is 23.8 Å². The van der Waals surface area contributed by atoms with Crippen molar-refractivity contribution in [3.63, 3.8) is 0 Å². The van der Waals surface area contributed by atoms with Crippen molar-refractivity contribution in [2.45, 2.75) is 12.2 Å². The fourth-order valence-electron chi connectivity index (χ4n) is 1.38. The second-order valence-electron chi connectivity index (χ2n) is 3.51. The molecule has 0 atom stereocenters. The lowest BCUT2D eigenvalue weighted by atomic mass is 10.2. The van der Waals surface area contributed by atoms with Gasteiger partial charge < -0.3 is 15.2 Å². The summed E-state index contributed by atoms with van der Waals surface area (Å²) in [6.45, 7) is 0.827. The molecule has 0 aliphatic carbocycles. The first kappa shape index (κ1) is 13.2. The SMILES string of the molecule is COCCCSCc1cc(N)cc(OC)c1. The molecule has 0 aliphatic rings. The van der Waals surface area contributed by atoms with Gasteiger partial charge in [-0.25, -0.2) is 0 Å². The Bertz CT molecular complexity index is 318. The van der Waals surface area contributed by atoms with Gasteiger partial charge in [-0.1, -0.05) is 0 Å². The summed E-state index contributed by atoms with van der Waals surface area (Å²) in [5, 5.41) is 0. The van der Waals surface area contributed by atoms with Crippen LogP contribution in [0.1, 0.15) is 12.0 Å². The zero-order valence-electron chi connectivity index (χ0n) is 9.86. The third kappa shape index (κ3) is 4.77. The van der Waals surface area contributed by atoms with E-state index in [-0.39, 0.29) is 0 Å². The van der Waals surface area contributed by atoms with Crippen LogP contribution in [-0.4, -0.2) is 26.6 Å². The molecule has 0 saturated heterocycles. The summed E-state index contributed by atoms with van der Waals surface area (Å²) in [5.74, 6) is 2.89. The monoisotopic (exact) mass is 241 g/mol. The highest BCUT2D eigenvalue weighted by Crippen LogP contribution is 2.22. The average Bonchev–Trinajstić information content (AvgIpc) is 2.28. The first-order chi connectivity index (χ1) is 7.76. The van der Waals surface area contributed by atoms with E-state index in [2.05, 4.69) is 0 Å². The zero-order chi connectivity index (χ0) is 11.8. The Morgan fingerprint density at radius 3 is 2.75 bits per heavy atom. The number of anilines is 1. The van der Waals surface area contributed by atoms with Crippen molar-refractivity contribution in [2.75, 3.05) is 32.3 Å². The van der Waals surface area contributed by atoms with Crippen molar-refractivity contribution in [2.24, 2.45) is 0 Å². The van der Waals surface area contributed by atoms with Gasteiger partial charge in [0.15, 0.2) is 0 Å². The van der Waals surface area contributed by atoms with Crippen LogP contribution < -0.4 is 10.5 Å². The minimum absolute atomic E-state index is 0.756. The minimum Gasteiger partial charge on any atom is -0.497 e. The average molecular weight is 241 g/mol. The Balaban J connectivity index is 2.38. The van der Waals surface area contributed by atoms with E-state index in [1.54, 1.807) is 14.2 Å². The third-order valence-corrected chi connectivity index (χ3v) is 3.25. The predicted octanol–water partition coefficient (Wildman–Crippen LogP) is 2.55. The Morgan fingerprint density at radius 1 is 1.25 bits per heavy atom. The lowest BCUT2D eigenvalue weighted by Crippen LogP contribution is -1.93. The van der Waals surface area contributed by atoms with Crippen molar-refractivity contribution in [3.8, 4) is 5.75 Å². The van der Waals surface area contributed by atoms with Crippen LogP contribution in [0.15, 0.2) is 18.2 Å². The van der Waals surface area contributed by atoms with Crippen molar-refractivity contribution >= 4 is 17.4 Å². The van der Waals surface area contributed by atoms with Gasteiger partial charge in [-0.3, -0.25) is 0 Å². The molecule has 1 rings (SSSR count). The lowest BCUT2D eigenvalue weighted by molar-refractivity contribution is 0.200. The summed E-state index contributed by atoms with van der Waals surface area (Å²) in [6, 6.07) is 5.85. The molecule has 0 unspecified atom stereocenters. The molecule has 90 valence electrons. The summed E-state index contributed by atoms with van der Waals surface area (Å²) in [7, 11) is 3.39. The molecule has 0 spiro atoms. The molecule has 2 N–H and O–H groups in total. The summed E-state index contributed by atoms with van der Waals surface area (Å²) >= 11 is 1.88. The molecule has 0 aromatic heterocycles. The maximum Gasteiger partial charge on any atom is 0.121 e. The molecule has 0 amide bonds. The van der Waals surface area contributed by atoms with Crippen LogP contribution in [0.25, 0.3) is 0 Å². The van der Waals surface area contributed by atoms with E-state index >= 15 is 0 Å². The summed E-state index contributed by atoms with van der Waals surface area (Å²) in [6.07, 6.45) is 1.08. The highest BCUT2D eigenvalue weighted by Gasteiger charge is 1.99. The second-order valence-corrected chi connectivity index (χ2v) is 4.62. The highest BCUT2D eigenvalue weighted by molar-refractivity contribution is 7.98. The fraction of sp³-hybridized carbons (Fsp3) is 0.500. The van der Waals surface area contributed by atoms with Crippen LogP contribution in [0, 0.1) is 0 Å². The van der Waals surface area contributed by atoms with E-state index in [1.165, 1.54) is 5.56 Å². The Labute approximate surface area is 101 Å². The van der Waals surface area contributed by atoms with E-state index in [9.17, 15) is 0 Å². The quantitative estimate of drug-likeness (QED) is 0.588. The van der Waals surface area contributed by atoms with Gasteiger partial charge in [0, 0.05) is 31.2 Å². The first-order valence-electron chi connectivity index (χ1n) is 5.26. The normalized spacial score (nSPS) is 10.4. The van der Waals surface area contributed by atoms with Gasteiger partial charge in [0.1, 0.15) is 5.75 Å². The van der Waals surface area contributed by atoms with Crippen LogP contribution >= 0.6 is 11.8 Å². The molecule has 0 aliphatic heterocycles. The van der Waals surface area contributed by atoms with Gasteiger partial charge in [-0.15, -0.1) is 0 Å². The standard InChI is InChI=1S/C12H19NO2S/c1-14-4-3-5-16-9-10-6-11(13)8-12(7-10)15-2/h6-8H,3-5,9,13H2,1-2H3. The Morgan fingerprint density at radius 2 is 2.06 bits per heavy atom. The van der Waals surface area contributed by atoms with Crippen molar-refractivity contribution in [1.29, 1.82) is 0 Å². The van der Waals surface area contributed by atoms with E-state index in [4.69, 9.17) is 15.2 Å². The number of ether oxygens (including phenoxy) is 2. The number of hydrogen-bond acceptors (Lipinski definition) is 4. The van der Waals surface area contributed by atoms with Gasteiger partial charge in [0.05, 0.1) is 7.11 Å². The zero-order valence-corrected chi connectivity index (χ0v) is 10.7. The summed E-state index contributed by atoms with van der Waals surface area (Å²) < 4.78 is 10.2. The molecular weight excluding hydrogens is 222 g/mol. The van der Waals surface area contributed by atoms with Crippen molar-refractivity contribution < 1.29 is 9.47 Å². The molecular formula is C12H19NO2S. The summed E-state index contributed by atoms with van der Waals surface area (Å²) in [5.41, 5.74) is 7.74. The van der Waals surface area contributed by atoms with E-state index in [0.29, 0.717) is 0 Å². The molecule has 3 nitrogen and oxygen atoms in total. The van der Waals surface area contributed by atoms with E-state index in [1.807, 2.05) is 30.0 Å². The molecule has 4 heteroatoms. The Hall–Kier alpha value is -0.870. The van der Waals surface area contributed by atoms with Crippen molar-refractivity contribution in [1.82, 2.24) is 0 Å². The number of thioether (sulfide) groups is 1. The molecule has 0 fully saturated rings. The van der Waals surface area contributed by atoms with Crippen LogP contribution in [0.2, 0.25) is 0 Å². The maximum atomic E-state index is 5.78. The second kappa shape index (κ2) is 7.41. The van der Waals surface area contributed by atoms with Gasteiger partial charge in [-0.05, 0) is 29.9 Å². The fourth-order valence-corrected chi connectivity index (χ4v) is 2.25. The topological polar surface area (TPSA) is 44.5 Å². The molecule has 0 radical (unpaired) electrons. The Kier molecular flexibility index (Phi) is 6.11. The predicted molar refractivity (Wildman–Crippen MR) is 70.1 cm³/mol. The smallest absolute Gasteiger partial charge is 0.121 e. The molecule has 0 bridgehead atoms. The third-order valence-electron chi connectivity index (χ3n) is 2.13. The number of benzene rings is 1. The van der Waals surface area contributed by atoms with Gasteiger partial charge in [-0.2, -0.15) is 11.8 Å². The number of nitrogen functional groups attached to an aromatic ring is 1. The highest BCUT2D eigenvalue weighted by atomic mass is 32.2. The number of rotatable bonds is 7. The molecule has 1 aromatic carbocycles. The number of nitrogens with two attached hydrogens (primary N) is 1. The maximum absolute atomic E-state index is 5.78. The van der Waals surface area contributed by atoms with E-state index in [0.717, 1.165) is 36.0 Å².